The zero-order valence-corrected chi connectivity index (χ0v) is 16.9. The normalized spacial score (nSPS) is 10.6. The molecular weight excluding hydrogens is 398 g/mol. The van der Waals surface area contributed by atoms with E-state index in [9.17, 15) is 4.79 Å². The predicted octanol–water partition coefficient (Wildman–Crippen LogP) is 5.42. The van der Waals surface area contributed by atoms with Gasteiger partial charge in [-0.25, -0.2) is 0 Å². The number of aromatic nitrogens is 2. The first-order valence-electron chi connectivity index (χ1n) is 9.52. The van der Waals surface area contributed by atoms with Crippen molar-refractivity contribution in [2.45, 2.75) is 13.2 Å². The Morgan fingerprint density at radius 1 is 0.933 bits per heavy atom. The molecule has 5 nitrogen and oxygen atoms in total. The number of amides is 1. The highest BCUT2D eigenvalue weighted by atomic mass is 35.5. The van der Waals surface area contributed by atoms with Gasteiger partial charge in [0.1, 0.15) is 12.4 Å². The Hall–Kier alpha value is -3.57. The summed E-state index contributed by atoms with van der Waals surface area (Å²) < 4.78 is 7.55. The molecule has 6 heteroatoms. The average molecular weight is 418 g/mol. The van der Waals surface area contributed by atoms with Gasteiger partial charge in [-0.1, -0.05) is 66.2 Å². The summed E-state index contributed by atoms with van der Waals surface area (Å²) >= 11 is 6.12. The molecule has 1 N–H and O–H groups in total. The van der Waals surface area contributed by atoms with Gasteiger partial charge < -0.3 is 10.1 Å². The zero-order chi connectivity index (χ0) is 20.8. The largest absolute Gasteiger partial charge is 0.487 e. The lowest BCUT2D eigenvalue weighted by molar-refractivity contribution is 0.102. The van der Waals surface area contributed by atoms with Gasteiger partial charge in [-0.05, 0) is 35.4 Å². The monoisotopic (exact) mass is 417 g/mol. The highest BCUT2D eigenvalue weighted by Crippen LogP contribution is 2.24. The summed E-state index contributed by atoms with van der Waals surface area (Å²) in [4.78, 5) is 12.6. The minimum Gasteiger partial charge on any atom is -0.487 e. The molecule has 0 radical (unpaired) electrons. The summed E-state index contributed by atoms with van der Waals surface area (Å²) in [7, 11) is 0. The fourth-order valence-corrected chi connectivity index (χ4v) is 3.19. The van der Waals surface area contributed by atoms with Crippen molar-refractivity contribution in [3.63, 3.8) is 0 Å². The standard InChI is InChI=1S/C24H20ClN3O2/c25-21-11-4-5-12-22(21)30-17-19-9-6-10-20(15-19)24(29)26-23-13-14-28(27-23)16-18-7-2-1-3-8-18/h1-15H,16-17H2,(H,26,27,29). The number of hydrogen-bond acceptors (Lipinski definition) is 3. The molecule has 3 aromatic carbocycles. The van der Waals surface area contributed by atoms with Gasteiger partial charge in [-0.3, -0.25) is 9.48 Å². The number of nitrogens with one attached hydrogen (secondary N) is 1. The molecular formula is C24H20ClN3O2. The Labute approximate surface area is 179 Å². The minimum atomic E-state index is -0.223. The maximum atomic E-state index is 12.6. The van der Waals surface area contributed by atoms with E-state index in [1.807, 2.05) is 66.9 Å². The summed E-state index contributed by atoms with van der Waals surface area (Å²) in [5, 5.41) is 7.82. The molecule has 1 amide bonds. The number of anilines is 1. The third-order valence-electron chi connectivity index (χ3n) is 4.49. The molecule has 4 aromatic rings. The Morgan fingerprint density at radius 2 is 1.70 bits per heavy atom. The Bertz CT molecular complexity index is 1140. The van der Waals surface area contributed by atoms with Crippen molar-refractivity contribution in [3.8, 4) is 5.75 Å². The first kappa shape index (κ1) is 19.7. The molecule has 150 valence electrons. The van der Waals surface area contributed by atoms with Gasteiger partial charge in [0.15, 0.2) is 5.82 Å². The summed E-state index contributed by atoms with van der Waals surface area (Å²) in [6, 6.07) is 26.4. The number of halogens is 1. The Balaban J connectivity index is 1.38. The van der Waals surface area contributed by atoms with E-state index in [4.69, 9.17) is 16.3 Å². The van der Waals surface area contributed by atoms with Gasteiger partial charge >= 0.3 is 0 Å². The molecule has 0 bridgehead atoms. The first-order chi connectivity index (χ1) is 14.7. The maximum Gasteiger partial charge on any atom is 0.256 e. The van der Waals surface area contributed by atoms with Crippen molar-refractivity contribution in [1.29, 1.82) is 0 Å². The smallest absolute Gasteiger partial charge is 0.256 e. The van der Waals surface area contributed by atoms with Crippen LogP contribution in [0.1, 0.15) is 21.5 Å². The molecule has 0 aliphatic heterocycles. The van der Waals surface area contributed by atoms with Gasteiger partial charge in [-0.15, -0.1) is 0 Å². The van der Waals surface area contributed by atoms with Crippen molar-refractivity contribution in [2.24, 2.45) is 0 Å². The van der Waals surface area contributed by atoms with E-state index < -0.39 is 0 Å². The van der Waals surface area contributed by atoms with Crippen LogP contribution < -0.4 is 10.1 Å². The quantitative estimate of drug-likeness (QED) is 0.437. The zero-order valence-electron chi connectivity index (χ0n) is 16.2. The number of nitrogens with zero attached hydrogens (tertiary/aromatic N) is 2. The predicted molar refractivity (Wildman–Crippen MR) is 118 cm³/mol. The van der Waals surface area contributed by atoms with Crippen LogP contribution in [0.25, 0.3) is 0 Å². The molecule has 0 aliphatic rings. The molecule has 0 saturated carbocycles. The number of hydrogen-bond donors (Lipinski definition) is 1. The van der Waals surface area contributed by atoms with Crippen LogP contribution in [-0.2, 0) is 13.2 Å². The number of para-hydroxylation sites is 1. The van der Waals surface area contributed by atoms with E-state index in [1.54, 1.807) is 28.9 Å². The third kappa shape index (κ3) is 5.07. The topological polar surface area (TPSA) is 56.2 Å². The summed E-state index contributed by atoms with van der Waals surface area (Å²) in [5.41, 5.74) is 2.55. The molecule has 0 fully saturated rings. The number of carbonyl (C=O) groups is 1. The van der Waals surface area contributed by atoms with Crippen LogP contribution in [0.3, 0.4) is 0 Å². The van der Waals surface area contributed by atoms with Crippen LogP contribution in [0, 0.1) is 0 Å². The van der Waals surface area contributed by atoms with Crippen molar-refractivity contribution in [3.05, 3.63) is 113 Å². The van der Waals surface area contributed by atoms with Crippen LogP contribution in [0.4, 0.5) is 5.82 Å². The summed E-state index contributed by atoms with van der Waals surface area (Å²) in [6.45, 7) is 0.960. The third-order valence-corrected chi connectivity index (χ3v) is 4.80. The van der Waals surface area contributed by atoms with Crippen molar-refractivity contribution < 1.29 is 9.53 Å². The highest BCUT2D eigenvalue weighted by Gasteiger charge is 2.10. The molecule has 0 atom stereocenters. The van der Waals surface area contributed by atoms with Crippen molar-refractivity contribution in [2.75, 3.05) is 5.32 Å². The highest BCUT2D eigenvalue weighted by molar-refractivity contribution is 6.32. The molecule has 1 heterocycles. The maximum absolute atomic E-state index is 12.6. The lowest BCUT2D eigenvalue weighted by atomic mass is 10.1. The molecule has 1 aromatic heterocycles. The second-order valence-electron chi connectivity index (χ2n) is 6.76. The fourth-order valence-electron chi connectivity index (χ4n) is 3.00. The van der Waals surface area contributed by atoms with E-state index >= 15 is 0 Å². The van der Waals surface area contributed by atoms with E-state index in [0.29, 0.717) is 35.3 Å². The van der Waals surface area contributed by atoms with Gasteiger partial charge in [0.2, 0.25) is 0 Å². The number of rotatable bonds is 7. The van der Waals surface area contributed by atoms with Crippen LogP contribution >= 0.6 is 11.6 Å². The van der Waals surface area contributed by atoms with E-state index in [2.05, 4.69) is 10.4 Å². The Morgan fingerprint density at radius 3 is 2.53 bits per heavy atom. The van der Waals surface area contributed by atoms with Crippen molar-refractivity contribution >= 4 is 23.3 Å². The summed E-state index contributed by atoms with van der Waals surface area (Å²) in [5.74, 6) is 0.895. The SMILES string of the molecule is O=C(Nc1ccn(Cc2ccccc2)n1)c1cccc(COc2ccccc2Cl)c1. The average Bonchev–Trinajstić information content (AvgIpc) is 3.20. The number of benzene rings is 3. The fraction of sp³-hybridized carbons (Fsp3) is 0.0833. The van der Waals surface area contributed by atoms with Gasteiger partial charge in [-0.2, -0.15) is 5.10 Å². The lowest BCUT2D eigenvalue weighted by Gasteiger charge is -2.09. The minimum absolute atomic E-state index is 0.223. The molecule has 0 aliphatic carbocycles. The van der Waals surface area contributed by atoms with Gasteiger partial charge in [0.05, 0.1) is 11.6 Å². The second kappa shape index (κ2) is 9.29. The van der Waals surface area contributed by atoms with Crippen LogP contribution in [0.5, 0.6) is 5.75 Å². The van der Waals surface area contributed by atoms with E-state index in [0.717, 1.165) is 11.1 Å². The van der Waals surface area contributed by atoms with Gasteiger partial charge in [0.25, 0.3) is 5.91 Å². The van der Waals surface area contributed by atoms with Gasteiger partial charge in [0, 0.05) is 17.8 Å². The second-order valence-corrected chi connectivity index (χ2v) is 7.16. The van der Waals surface area contributed by atoms with E-state index in [1.165, 1.54) is 0 Å². The Kier molecular flexibility index (Phi) is 6.11. The molecule has 0 unspecified atom stereocenters. The number of carbonyl (C=O) groups excluding carboxylic acids is 1. The van der Waals surface area contributed by atoms with E-state index in [-0.39, 0.29) is 5.91 Å². The molecule has 30 heavy (non-hydrogen) atoms. The van der Waals surface area contributed by atoms with Crippen molar-refractivity contribution in [1.82, 2.24) is 9.78 Å². The molecule has 0 saturated heterocycles. The van der Waals surface area contributed by atoms with Crippen LogP contribution in [0.15, 0.2) is 91.1 Å². The summed E-state index contributed by atoms with van der Waals surface area (Å²) in [6.07, 6.45) is 1.84. The first-order valence-corrected chi connectivity index (χ1v) is 9.90. The van der Waals surface area contributed by atoms with Crippen LogP contribution in [0.2, 0.25) is 5.02 Å². The number of ether oxygens (including phenoxy) is 1. The molecule has 0 spiro atoms. The molecule has 4 rings (SSSR count). The lowest BCUT2D eigenvalue weighted by Crippen LogP contribution is -2.13. The van der Waals surface area contributed by atoms with Crippen LogP contribution in [-0.4, -0.2) is 15.7 Å².